The molecule has 8 aromatic rings. The van der Waals surface area contributed by atoms with Crippen molar-refractivity contribution in [3.8, 4) is 33.4 Å². The van der Waals surface area contributed by atoms with Crippen molar-refractivity contribution in [2.75, 3.05) is 4.90 Å². The van der Waals surface area contributed by atoms with Crippen LogP contribution in [-0.4, -0.2) is 0 Å². The van der Waals surface area contributed by atoms with Crippen LogP contribution in [0.3, 0.4) is 0 Å². The summed E-state index contributed by atoms with van der Waals surface area (Å²) >= 11 is 0. The molecule has 0 bridgehead atoms. The fraction of sp³-hybridized carbons (Fsp3) is 0.0612. The van der Waals surface area contributed by atoms with Crippen LogP contribution in [-0.2, 0) is 5.41 Å². The lowest BCUT2D eigenvalue weighted by Crippen LogP contribution is -2.25. The van der Waals surface area contributed by atoms with E-state index in [4.69, 9.17) is 0 Å². The molecule has 1 spiro atoms. The van der Waals surface area contributed by atoms with Gasteiger partial charge in [0.25, 0.3) is 0 Å². The zero-order valence-corrected chi connectivity index (χ0v) is 28.2. The molecule has 2 aliphatic rings. The molecule has 0 N–H and O–H groups in total. The van der Waals surface area contributed by atoms with E-state index in [1.165, 1.54) is 83.2 Å². The maximum absolute atomic E-state index is 2.46. The second-order valence-electron chi connectivity index (χ2n) is 13.8. The molecule has 0 saturated carbocycles. The molecular weight excluding hydrogens is 603 g/mol. The summed E-state index contributed by atoms with van der Waals surface area (Å²) in [7, 11) is 0. The molecule has 2 aliphatic carbocycles. The van der Waals surface area contributed by atoms with Crippen LogP contribution < -0.4 is 4.90 Å². The Bertz CT molecular complexity index is 2590. The first-order valence-corrected chi connectivity index (χ1v) is 17.5. The SMILES string of the molecule is Cc1ccccc1-c1ccc(N(c2ccc3c(c2)-c2ccccc2C32c3ccccc3-c3ccccc32)c2cccc3ccccc23)cc1C. The zero-order chi connectivity index (χ0) is 33.4. The fourth-order valence-electron chi connectivity index (χ4n) is 9.02. The van der Waals surface area contributed by atoms with E-state index >= 15 is 0 Å². The van der Waals surface area contributed by atoms with E-state index in [1.54, 1.807) is 0 Å². The van der Waals surface area contributed by atoms with Crippen molar-refractivity contribution >= 4 is 27.8 Å². The van der Waals surface area contributed by atoms with Gasteiger partial charge in [0.15, 0.2) is 0 Å². The fourth-order valence-corrected chi connectivity index (χ4v) is 9.02. The third-order valence-electron chi connectivity index (χ3n) is 11.1. The van der Waals surface area contributed by atoms with Gasteiger partial charge >= 0.3 is 0 Å². The molecule has 8 aromatic carbocycles. The molecular formula is C49H35N. The van der Waals surface area contributed by atoms with E-state index in [-0.39, 0.29) is 5.41 Å². The van der Waals surface area contributed by atoms with Gasteiger partial charge in [-0.25, -0.2) is 0 Å². The molecule has 0 aliphatic heterocycles. The minimum Gasteiger partial charge on any atom is -0.310 e. The second kappa shape index (κ2) is 10.9. The van der Waals surface area contributed by atoms with Crippen LogP contribution in [0.15, 0.2) is 176 Å². The molecule has 0 atom stereocenters. The number of hydrogen-bond donors (Lipinski definition) is 0. The lowest BCUT2D eigenvalue weighted by Gasteiger charge is -2.31. The van der Waals surface area contributed by atoms with Crippen molar-refractivity contribution in [1.29, 1.82) is 0 Å². The van der Waals surface area contributed by atoms with Gasteiger partial charge in [0.1, 0.15) is 0 Å². The second-order valence-corrected chi connectivity index (χ2v) is 13.8. The monoisotopic (exact) mass is 637 g/mol. The van der Waals surface area contributed by atoms with E-state index < -0.39 is 0 Å². The largest absolute Gasteiger partial charge is 0.310 e. The van der Waals surface area contributed by atoms with Crippen molar-refractivity contribution in [1.82, 2.24) is 0 Å². The number of rotatable bonds is 4. The van der Waals surface area contributed by atoms with Gasteiger partial charge in [-0.1, -0.05) is 146 Å². The summed E-state index contributed by atoms with van der Waals surface area (Å²) in [4.78, 5) is 2.46. The Morgan fingerprint density at radius 1 is 0.360 bits per heavy atom. The number of aryl methyl sites for hydroxylation is 2. The average Bonchev–Trinajstić information content (AvgIpc) is 3.63. The number of benzene rings is 8. The zero-order valence-electron chi connectivity index (χ0n) is 28.2. The average molecular weight is 638 g/mol. The number of nitrogens with zero attached hydrogens (tertiary/aromatic N) is 1. The first-order chi connectivity index (χ1) is 24.6. The van der Waals surface area contributed by atoms with Crippen molar-refractivity contribution < 1.29 is 0 Å². The first kappa shape index (κ1) is 28.8. The predicted molar refractivity (Wildman–Crippen MR) is 210 cm³/mol. The van der Waals surface area contributed by atoms with Gasteiger partial charge in [0.2, 0.25) is 0 Å². The van der Waals surface area contributed by atoms with Gasteiger partial charge < -0.3 is 4.90 Å². The standard InChI is InChI=1S/C49H35N/c1-32-14-3-5-17-37(32)38-28-26-35(30-33(38)2)50(48-25-13-16-34-15-4-6-18-39(34)48)36-27-29-47-43(31-36)42-21-9-12-24-46(42)49(47)44-22-10-7-19-40(44)41-20-8-11-23-45(41)49/h3-31H,1-2H3. The number of hydrogen-bond acceptors (Lipinski definition) is 1. The van der Waals surface area contributed by atoms with E-state index in [0.717, 1.165) is 11.4 Å². The molecule has 0 radical (unpaired) electrons. The van der Waals surface area contributed by atoms with Crippen molar-refractivity contribution in [2.45, 2.75) is 19.3 Å². The van der Waals surface area contributed by atoms with Crippen molar-refractivity contribution in [2.24, 2.45) is 0 Å². The highest BCUT2D eigenvalue weighted by Crippen LogP contribution is 2.63. The van der Waals surface area contributed by atoms with E-state index in [2.05, 4.69) is 195 Å². The van der Waals surface area contributed by atoms with Crippen LogP contribution in [0.5, 0.6) is 0 Å². The normalized spacial score (nSPS) is 13.2. The van der Waals surface area contributed by atoms with Gasteiger partial charge in [-0.15, -0.1) is 0 Å². The number of anilines is 3. The van der Waals surface area contributed by atoms with E-state index in [0.29, 0.717) is 0 Å². The summed E-state index contributed by atoms with van der Waals surface area (Å²) in [5.41, 5.74) is 18.9. The van der Waals surface area contributed by atoms with E-state index in [9.17, 15) is 0 Å². The highest BCUT2D eigenvalue weighted by atomic mass is 15.1. The molecule has 1 heteroatoms. The van der Waals surface area contributed by atoms with Gasteiger partial charge in [-0.3, -0.25) is 0 Å². The quantitative estimate of drug-likeness (QED) is 0.186. The Hall–Kier alpha value is -6.18. The predicted octanol–water partition coefficient (Wildman–Crippen LogP) is 12.9. The summed E-state index contributed by atoms with van der Waals surface area (Å²) in [5.74, 6) is 0. The molecule has 0 aromatic heterocycles. The number of fused-ring (bicyclic) bond motifs is 11. The smallest absolute Gasteiger partial charge is 0.0725 e. The molecule has 236 valence electrons. The summed E-state index contributed by atoms with van der Waals surface area (Å²) in [6.07, 6.45) is 0. The maximum atomic E-state index is 2.46. The molecule has 10 rings (SSSR count). The van der Waals surface area contributed by atoms with Crippen LogP contribution in [0, 0.1) is 13.8 Å². The van der Waals surface area contributed by atoms with Crippen LogP contribution in [0.4, 0.5) is 17.1 Å². The van der Waals surface area contributed by atoms with Gasteiger partial charge in [0, 0.05) is 16.8 Å². The minimum absolute atomic E-state index is 0.353. The van der Waals surface area contributed by atoms with Crippen molar-refractivity contribution in [3.63, 3.8) is 0 Å². The molecule has 0 unspecified atom stereocenters. The molecule has 50 heavy (non-hydrogen) atoms. The Morgan fingerprint density at radius 3 is 1.54 bits per heavy atom. The minimum atomic E-state index is -0.353. The van der Waals surface area contributed by atoms with Crippen LogP contribution in [0.1, 0.15) is 33.4 Å². The third kappa shape index (κ3) is 3.95. The van der Waals surface area contributed by atoms with Gasteiger partial charge in [0.05, 0.1) is 11.1 Å². The molecule has 0 fully saturated rings. The summed E-state index contributed by atoms with van der Waals surface area (Å²) in [6.45, 7) is 4.44. The van der Waals surface area contributed by atoms with Crippen LogP contribution in [0.2, 0.25) is 0 Å². The Kier molecular flexibility index (Phi) is 6.29. The van der Waals surface area contributed by atoms with Crippen LogP contribution in [0.25, 0.3) is 44.2 Å². The maximum Gasteiger partial charge on any atom is 0.0725 e. The van der Waals surface area contributed by atoms with Crippen molar-refractivity contribution in [3.05, 3.63) is 209 Å². The lowest BCUT2D eigenvalue weighted by molar-refractivity contribution is 0.794. The molecule has 0 heterocycles. The molecule has 1 nitrogen and oxygen atoms in total. The highest BCUT2D eigenvalue weighted by molar-refractivity contribution is 6.01. The summed E-state index contributed by atoms with van der Waals surface area (Å²) in [6, 6.07) is 65.3. The third-order valence-corrected chi connectivity index (χ3v) is 11.1. The Morgan fingerprint density at radius 2 is 0.860 bits per heavy atom. The molecule has 0 amide bonds. The Labute approximate surface area is 293 Å². The highest BCUT2D eigenvalue weighted by Gasteiger charge is 2.51. The summed E-state index contributed by atoms with van der Waals surface area (Å²) < 4.78 is 0. The van der Waals surface area contributed by atoms with E-state index in [1.807, 2.05) is 0 Å². The topological polar surface area (TPSA) is 3.24 Å². The van der Waals surface area contributed by atoms with Gasteiger partial charge in [-0.2, -0.15) is 0 Å². The Balaban J connectivity index is 1.22. The van der Waals surface area contributed by atoms with Crippen LogP contribution >= 0.6 is 0 Å². The van der Waals surface area contributed by atoms with Gasteiger partial charge in [-0.05, 0) is 116 Å². The summed E-state index contributed by atoms with van der Waals surface area (Å²) in [5, 5.41) is 2.46. The first-order valence-electron chi connectivity index (χ1n) is 17.5. The lowest BCUT2D eigenvalue weighted by atomic mass is 9.70. The molecule has 0 saturated heterocycles.